The number of hydrogen-bond donors (Lipinski definition) is 4. The molecule has 0 aliphatic rings. The van der Waals surface area contributed by atoms with E-state index in [1.54, 1.807) is 6.07 Å². The number of amides is 1. The van der Waals surface area contributed by atoms with Crippen LogP contribution >= 0.6 is 0 Å². The number of methoxy groups -OCH3 is 2. The van der Waals surface area contributed by atoms with E-state index in [0.29, 0.717) is 28.9 Å². The molecule has 1 unspecified atom stereocenters. The second-order valence-electron chi connectivity index (χ2n) is 6.50. The molecule has 1 aromatic heterocycles. The molecule has 0 bridgehead atoms. The topological polar surface area (TPSA) is 105 Å². The van der Waals surface area contributed by atoms with Gasteiger partial charge in [-0.25, -0.2) is 0 Å². The van der Waals surface area contributed by atoms with Gasteiger partial charge in [-0.1, -0.05) is 13.3 Å². The second-order valence-corrected chi connectivity index (χ2v) is 6.50. The van der Waals surface area contributed by atoms with Crippen molar-refractivity contribution >= 4 is 16.8 Å². The SMILES string of the molecule is CCCC[NH+](C)CCNC(=O)c1c(O)c2cc(OC)c(OC)cc2[nH]c1=O.[Cl-]. The van der Waals surface area contributed by atoms with Crippen LogP contribution in [0.1, 0.15) is 30.1 Å². The molecule has 0 spiro atoms. The number of carbonyl (C=O) groups is 1. The average Bonchev–Trinajstić information content (AvgIpc) is 2.65. The number of benzene rings is 1. The van der Waals surface area contributed by atoms with Crippen LogP contribution in [0.5, 0.6) is 17.2 Å². The van der Waals surface area contributed by atoms with Gasteiger partial charge in [0.25, 0.3) is 11.5 Å². The molecule has 0 saturated carbocycles. The number of halogens is 1. The van der Waals surface area contributed by atoms with Crippen molar-refractivity contribution in [3.8, 4) is 17.2 Å². The lowest BCUT2D eigenvalue weighted by Crippen LogP contribution is -3.09. The van der Waals surface area contributed by atoms with Gasteiger partial charge < -0.3 is 42.2 Å². The first-order valence-corrected chi connectivity index (χ1v) is 9.03. The molecule has 0 radical (unpaired) electrons. The van der Waals surface area contributed by atoms with E-state index in [1.165, 1.54) is 25.2 Å². The van der Waals surface area contributed by atoms with E-state index in [0.717, 1.165) is 25.9 Å². The number of nitrogens with one attached hydrogen (secondary N) is 3. The number of aromatic nitrogens is 1. The van der Waals surface area contributed by atoms with Crippen LogP contribution < -0.4 is 37.7 Å². The van der Waals surface area contributed by atoms with E-state index >= 15 is 0 Å². The van der Waals surface area contributed by atoms with Gasteiger partial charge in [-0.2, -0.15) is 0 Å². The molecule has 1 atom stereocenters. The van der Waals surface area contributed by atoms with E-state index in [2.05, 4.69) is 24.3 Å². The number of H-pyrrole nitrogens is 1. The van der Waals surface area contributed by atoms with Gasteiger partial charge in [0.2, 0.25) is 0 Å². The molecular weight excluding hydrogens is 386 g/mol. The Bertz CT molecular complexity index is 869. The fourth-order valence-electron chi connectivity index (χ4n) is 2.90. The third kappa shape index (κ3) is 5.30. The van der Waals surface area contributed by atoms with Crippen LogP contribution in [0.3, 0.4) is 0 Å². The van der Waals surface area contributed by atoms with Gasteiger partial charge in [0.05, 0.1) is 46.4 Å². The maximum Gasteiger partial charge on any atom is 0.265 e. The van der Waals surface area contributed by atoms with E-state index in [9.17, 15) is 14.7 Å². The Morgan fingerprint density at radius 1 is 1.21 bits per heavy atom. The van der Waals surface area contributed by atoms with Gasteiger partial charge in [0.1, 0.15) is 11.3 Å². The van der Waals surface area contributed by atoms with Crippen molar-refractivity contribution < 1.29 is 36.7 Å². The lowest BCUT2D eigenvalue weighted by Gasteiger charge is -2.14. The van der Waals surface area contributed by atoms with Gasteiger partial charge in [0, 0.05) is 11.5 Å². The number of carbonyl (C=O) groups excluding carboxylic acids is 1. The minimum atomic E-state index is -0.656. The maximum absolute atomic E-state index is 12.4. The van der Waals surface area contributed by atoms with Crippen LogP contribution in [0.15, 0.2) is 16.9 Å². The fourth-order valence-corrected chi connectivity index (χ4v) is 2.90. The number of likely N-dealkylation sites (N-methyl/N-ethyl adjacent to an activating group) is 1. The quantitative estimate of drug-likeness (QED) is 0.358. The molecule has 0 fully saturated rings. The number of aromatic hydroxyl groups is 1. The summed E-state index contributed by atoms with van der Waals surface area (Å²) < 4.78 is 10.4. The molecule has 1 heterocycles. The molecule has 0 saturated heterocycles. The molecule has 0 aliphatic carbocycles. The van der Waals surface area contributed by atoms with E-state index in [4.69, 9.17) is 9.47 Å². The van der Waals surface area contributed by atoms with Gasteiger partial charge in [-0.15, -0.1) is 0 Å². The van der Waals surface area contributed by atoms with Crippen LogP contribution in [0.2, 0.25) is 0 Å². The summed E-state index contributed by atoms with van der Waals surface area (Å²) in [7, 11) is 5.00. The second kappa shape index (κ2) is 10.8. The van der Waals surface area contributed by atoms with Crippen molar-refractivity contribution in [2.75, 3.05) is 40.9 Å². The molecule has 2 aromatic rings. The summed E-state index contributed by atoms with van der Waals surface area (Å²) in [6.45, 7) is 4.31. The summed E-state index contributed by atoms with van der Waals surface area (Å²) in [6.07, 6.45) is 2.24. The Hall–Kier alpha value is -2.45. The van der Waals surface area contributed by atoms with Crippen molar-refractivity contribution in [1.82, 2.24) is 10.3 Å². The highest BCUT2D eigenvalue weighted by atomic mass is 35.5. The molecule has 156 valence electrons. The molecule has 8 nitrogen and oxygen atoms in total. The first-order valence-electron chi connectivity index (χ1n) is 9.03. The monoisotopic (exact) mass is 413 g/mol. The Balaban J connectivity index is 0.00000392. The van der Waals surface area contributed by atoms with Crippen molar-refractivity contribution in [3.05, 3.63) is 28.0 Å². The predicted octanol–water partition coefficient (Wildman–Crippen LogP) is -2.70. The van der Waals surface area contributed by atoms with Crippen molar-refractivity contribution in [2.45, 2.75) is 19.8 Å². The molecule has 28 heavy (non-hydrogen) atoms. The summed E-state index contributed by atoms with van der Waals surface area (Å²) in [5.41, 5.74) is -0.604. The van der Waals surface area contributed by atoms with E-state index < -0.39 is 11.5 Å². The lowest BCUT2D eigenvalue weighted by atomic mass is 10.1. The van der Waals surface area contributed by atoms with Gasteiger partial charge in [-0.3, -0.25) is 9.59 Å². The highest BCUT2D eigenvalue weighted by Gasteiger charge is 2.21. The number of aromatic amines is 1. The van der Waals surface area contributed by atoms with Crippen LogP contribution in [-0.2, 0) is 0 Å². The van der Waals surface area contributed by atoms with Crippen molar-refractivity contribution in [2.24, 2.45) is 0 Å². The van der Waals surface area contributed by atoms with Crippen LogP contribution in [0, 0.1) is 0 Å². The average molecular weight is 414 g/mol. The molecule has 1 amide bonds. The van der Waals surface area contributed by atoms with Gasteiger partial charge >= 0.3 is 0 Å². The van der Waals surface area contributed by atoms with Crippen LogP contribution in [0.4, 0.5) is 0 Å². The van der Waals surface area contributed by atoms with Crippen LogP contribution in [-0.4, -0.2) is 56.9 Å². The molecule has 4 N–H and O–H groups in total. The lowest BCUT2D eigenvalue weighted by molar-refractivity contribution is -0.878. The minimum Gasteiger partial charge on any atom is -1.00 e. The summed E-state index contributed by atoms with van der Waals surface area (Å²) >= 11 is 0. The highest BCUT2D eigenvalue weighted by Crippen LogP contribution is 2.35. The maximum atomic E-state index is 12.4. The normalized spacial score (nSPS) is 11.6. The first kappa shape index (κ1) is 23.6. The first-order chi connectivity index (χ1) is 12.9. The van der Waals surface area contributed by atoms with E-state index in [1.807, 2.05) is 0 Å². The Morgan fingerprint density at radius 3 is 2.46 bits per heavy atom. The standard InChI is InChI=1S/C19H27N3O5.ClH/c1-5-6-8-22(2)9-7-20-18(24)16-17(23)12-10-14(26-3)15(27-4)11-13(12)21-19(16)25;/h10-11H,5-9H2,1-4H3,(H,20,24)(H2,21,23,25);1H. The van der Waals surface area contributed by atoms with Crippen molar-refractivity contribution in [1.29, 1.82) is 0 Å². The van der Waals surface area contributed by atoms with Gasteiger partial charge in [-0.05, 0) is 12.5 Å². The predicted molar refractivity (Wildman–Crippen MR) is 103 cm³/mol. The summed E-state index contributed by atoms with van der Waals surface area (Å²) in [5.74, 6) is -0.178. The minimum absolute atomic E-state index is 0. The zero-order chi connectivity index (χ0) is 20.0. The number of unbranched alkanes of at least 4 members (excludes halogenated alkanes) is 1. The number of pyridine rings is 1. The van der Waals surface area contributed by atoms with E-state index in [-0.39, 0.29) is 23.7 Å². The zero-order valence-electron chi connectivity index (χ0n) is 16.6. The summed E-state index contributed by atoms with van der Waals surface area (Å²) in [4.78, 5) is 28.7. The fraction of sp³-hybridized carbons (Fsp3) is 0.474. The number of fused-ring (bicyclic) bond motifs is 1. The number of hydrogen-bond acceptors (Lipinski definition) is 5. The number of quaternary nitrogens is 1. The zero-order valence-corrected chi connectivity index (χ0v) is 17.4. The Kier molecular flexibility index (Phi) is 9.08. The van der Waals surface area contributed by atoms with Gasteiger partial charge in [0.15, 0.2) is 11.5 Å². The smallest absolute Gasteiger partial charge is 0.265 e. The third-order valence-electron chi connectivity index (χ3n) is 4.51. The number of ether oxygens (including phenoxy) is 2. The highest BCUT2D eigenvalue weighted by molar-refractivity contribution is 6.02. The number of rotatable bonds is 9. The summed E-state index contributed by atoms with van der Waals surface area (Å²) in [5, 5.41) is 13.5. The van der Waals surface area contributed by atoms with Crippen LogP contribution in [0.25, 0.3) is 10.9 Å². The largest absolute Gasteiger partial charge is 1.00 e. The molecule has 2 rings (SSSR count). The summed E-state index contributed by atoms with van der Waals surface area (Å²) in [6, 6.07) is 3.07. The third-order valence-corrected chi connectivity index (χ3v) is 4.51. The molecular formula is C19H28ClN3O5. The Morgan fingerprint density at radius 2 is 1.86 bits per heavy atom. The van der Waals surface area contributed by atoms with Crippen molar-refractivity contribution in [3.63, 3.8) is 0 Å². The Labute approximate surface area is 170 Å². The molecule has 0 aliphatic heterocycles. The molecule has 1 aromatic carbocycles. The molecule has 9 heteroatoms.